The van der Waals surface area contributed by atoms with Crippen LogP contribution in [0.4, 0.5) is 16.9 Å². The van der Waals surface area contributed by atoms with Crippen molar-refractivity contribution in [3.63, 3.8) is 0 Å². The van der Waals surface area contributed by atoms with Crippen molar-refractivity contribution in [3.8, 4) is 0 Å². The summed E-state index contributed by atoms with van der Waals surface area (Å²) >= 11 is 1.77. The van der Waals surface area contributed by atoms with Crippen LogP contribution in [0.1, 0.15) is 23.8 Å². The smallest absolute Gasteiger partial charge is 0.227 e. The molecule has 2 saturated heterocycles. The topological polar surface area (TPSA) is 70.5 Å². The molecule has 8 nitrogen and oxygen atoms in total. The summed E-state index contributed by atoms with van der Waals surface area (Å²) in [4.78, 5) is 16.1. The molecule has 0 radical (unpaired) electrons. The van der Waals surface area contributed by atoms with Gasteiger partial charge < -0.3 is 19.4 Å². The molecular weight excluding hydrogens is 350 g/mol. The highest BCUT2D eigenvalue weighted by Gasteiger charge is 2.29. The molecule has 2 aromatic rings. The predicted molar refractivity (Wildman–Crippen MR) is 101 cm³/mol. The van der Waals surface area contributed by atoms with Crippen molar-refractivity contribution in [2.24, 2.45) is 0 Å². The summed E-state index contributed by atoms with van der Waals surface area (Å²) in [6.45, 7) is 7.01. The zero-order chi connectivity index (χ0) is 17.3. The SMILES string of the molecule is c1cc(N2CCN(c3nnc(C4CC4)s3)CC2)nc(N2CCOCC2)n1. The number of piperazine rings is 1. The van der Waals surface area contributed by atoms with E-state index in [4.69, 9.17) is 9.72 Å². The van der Waals surface area contributed by atoms with Gasteiger partial charge in [-0.05, 0) is 18.9 Å². The monoisotopic (exact) mass is 373 g/mol. The van der Waals surface area contributed by atoms with E-state index in [1.807, 2.05) is 12.3 Å². The van der Waals surface area contributed by atoms with Crippen LogP contribution >= 0.6 is 11.3 Å². The molecule has 0 atom stereocenters. The average molecular weight is 373 g/mol. The van der Waals surface area contributed by atoms with E-state index < -0.39 is 0 Å². The third-order valence-electron chi connectivity index (χ3n) is 5.15. The normalized spacial score (nSPS) is 21.3. The van der Waals surface area contributed by atoms with Crippen molar-refractivity contribution >= 4 is 28.2 Å². The Labute approximate surface area is 156 Å². The first-order valence-electron chi connectivity index (χ1n) is 9.36. The standard InChI is InChI=1S/C17H23N7OS/c1-2-13(1)15-20-21-17(26-15)24-7-5-22(6-8-24)14-3-4-18-16(19-14)23-9-11-25-12-10-23/h3-4,13H,1-2,5-12H2. The third-order valence-corrected chi connectivity index (χ3v) is 6.30. The van der Waals surface area contributed by atoms with E-state index in [-0.39, 0.29) is 0 Å². The molecule has 3 aliphatic rings. The summed E-state index contributed by atoms with van der Waals surface area (Å²) in [6, 6.07) is 2.01. The van der Waals surface area contributed by atoms with Crippen LogP contribution in [0.2, 0.25) is 0 Å². The van der Waals surface area contributed by atoms with Gasteiger partial charge in [0.2, 0.25) is 11.1 Å². The van der Waals surface area contributed by atoms with Crippen LogP contribution in [-0.2, 0) is 4.74 Å². The van der Waals surface area contributed by atoms with Gasteiger partial charge in [0, 0.05) is 51.4 Å². The number of morpholine rings is 1. The quantitative estimate of drug-likeness (QED) is 0.796. The lowest BCUT2D eigenvalue weighted by atomic mass is 10.3. The molecule has 0 spiro atoms. The summed E-state index contributed by atoms with van der Waals surface area (Å²) in [6.07, 6.45) is 4.43. The zero-order valence-electron chi connectivity index (χ0n) is 14.8. The number of nitrogens with zero attached hydrogens (tertiary/aromatic N) is 7. The van der Waals surface area contributed by atoms with Crippen molar-refractivity contribution in [2.45, 2.75) is 18.8 Å². The number of anilines is 3. The van der Waals surface area contributed by atoms with Crippen LogP contribution in [0.15, 0.2) is 12.3 Å². The highest BCUT2D eigenvalue weighted by atomic mass is 32.1. The molecule has 1 aliphatic carbocycles. The van der Waals surface area contributed by atoms with Crippen molar-refractivity contribution < 1.29 is 4.74 Å². The minimum Gasteiger partial charge on any atom is -0.378 e. The molecule has 0 N–H and O–H groups in total. The van der Waals surface area contributed by atoms with E-state index in [1.54, 1.807) is 11.3 Å². The molecule has 4 heterocycles. The van der Waals surface area contributed by atoms with Crippen LogP contribution < -0.4 is 14.7 Å². The van der Waals surface area contributed by atoms with E-state index in [0.717, 1.165) is 69.4 Å². The maximum atomic E-state index is 5.42. The van der Waals surface area contributed by atoms with Gasteiger partial charge in [-0.25, -0.2) is 4.98 Å². The second-order valence-corrected chi connectivity index (χ2v) is 7.97. The number of rotatable bonds is 4. The summed E-state index contributed by atoms with van der Waals surface area (Å²) in [5.74, 6) is 2.51. The van der Waals surface area contributed by atoms with Gasteiger partial charge in [0.15, 0.2) is 0 Å². The first-order chi connectivity index (χ1) is 12.9. The van der Waals surface area contributed by atoms with Gasteiger partial charge in [0.05, 0.1) is 13.2 Å². The fourth-order valence-electron chi connectivity index (χ4n) is 3.41. The predicted octanol–water partition coefficient (Wildman–Crippen LogP) is 1.37. The number of hydrogen-bond acceptors (Lipinski definition) is 9. The fraction of sp³-hybridized carbons (Fsp3) is 0.647. The van der Waals surface area contributed by atoms with Gasteiger partial charge in [-0.1, -0.05) is 11.3 Å². The number of ether oxygens (including phenoxy) is 1. The van der Waals surface area contributed by atoms with Gasteiger partial charge >= 0.3 is 0 Å². The Morgan fingerprint density at radius 3 is 2.46 bits per heavy atom. The molecule has 26 heavy (non-hydrogen) atoms. The lowest BCUT2D eigenvalue weighted by Crippen LogP contribution is -2.47. The maximum absolute atomic E-state index is 5.42. The highest BCUT2D eigenvalue weighted by molar-refractivity contribution is 7.15. The number of aromatic nitrogens is 4. The Balaban J connectivity index is 1.23. The fourth-order valence-corrected chi connectivity index (χ4v) is 4.47. The molecule has 0 amide bonds. The van der Waals surface area contributed by atoms with E-state index in [0.29, 0.717) is 5.92 Å². The van der Waals surface area contributed by atoms with E-state index >= 15 is 0 Å². The largest absolute Gasteiger partial charge is 0.378 e. The van der Waals surface area contributed by atoms with Gasteiger partial charge in [0.1, 0.15) is 10.8 Å². The van der Waals surface area contributed by atoms with Crippen LogP contribution in [0.3, 0.4) is 0 Å². The lowest BCUT2D eigenvalue weighted by molar-refractivity contribution is 0.122. The van der Waals surface area contributed by atoms with Gasteiger partial charge in [-0.15, -0.1) is 10.2 Å². The molecule has 9 heteroatoms. The average Bonchev–Trinajstić information content (AvgIpc) is 3.46. The van der Waals surface area contributed by atoms with Gasteiger partial charge in [-0.2, -0.15) is 4.98 Å². The first-order valence-corrected chi connectivity index (χ1v) is 10.2. The van der Waals surface area contributed by atoms with Gasteiger partial charge in [-0.3, -0.25) is 0 Å². The van der Waals surface area contributed by atoms with Crippen LogP contribution in [0.5, 0.6) is 0 Å². The molecule has 0 unspecified atom stereocenters. The second kappa shape index (κ2) is 6.96. The molecule has 1 saturated carbocycles. The van der Waals surface area contributed by atoms with E-state index in [9.17, 15) is 0 Å². The Morgan fingerprint density at radius 2 is 1.69 bits per heavy atom. The summed E-state index contributed by atoms with van der Waals surface area (Å²) in [5, 5.41) is 11.1. The van der Waals surface area contributed by atoms with Gasteiger partial charge in [0.25, 0.3) is 0 Å². The summed E-state index contributed by atoms with van der Waals surface area (Å²) in [5.41, 5.74) is 0. The van der Waals surface area contributed by atoms with E-state index in [1.165, 1.54) is 17.8 Å². The zero-order valence-corrected chi connectivity index (χ0v) is 15.6. The second-order valence-electron chi connectivity index (χ2n) is 6.99. The first kappa shape index (κ1) is 16.2. The minimum absolute atomic E-state index is 0.683. The molecule has 3 fully saturated rings. The Kier molecular flexibility index (Phi) is 4.33. The molecule has 5 rings (SSSR count). The van der Waals surface area contributed by atoms with E-state index in [2.05, 4.69) is 29.9 Å². The van der Waals surface area contributed by atoms with Crippen molar-refractivity contribution in [1.29, 1.82) is 0 Å². The van der Waals surface area contributed by atoms with Crippen molar-refractivity contribution in [3.05, 3.63) is 17.3 Å². The maximum Gasteiger partial charge on any atom is 0.227 e. The summed E-state index contributed by atoms with van der Waals surface area (Å²) in [7, 11) is 0. The Hall–Kier alpha value is -2.00. The molecule has 0 aromatic carbocycles. The third kappa shape index (κ3) is 3.33. The number of hydrogen-bond donors (Lipinski definition) is 0. The minimum atomic E-state index is 0.683. The van der Waals surface area contributed by atoms with Crippen LogP contribution in [0.25, 0.3) is 0 Å². The molecule has 0 bridgehead atoms. The molecular formula is C17H23N7OS. The highest BCUT2D eigenvalue weighted by Crippen LogP contribution is 2.42. The lowest BCUT2D eigenvalue weighted by Gasteiger charge is -2.35. The van der Waals surface area contributed by atoms with Crippen LogP contribution in [0, 0.1) is 0 Å². The Bertz CT molecular complexity index is 751. The molecule has 2 aromatic heterocycles. The summed E-state index contributed by atoms with van der Waals surface area (Å²) < 4.78 is 5.42. The van der Waals surface area contributed by atoms with Crippen molar-refractivity contribution in [1.82, 2.24) is 20.2 Å². The van der Waals surface area contributed by atoms with Crippen molar-refractivity contribution in [2.75, 3.05) is 67.2 Å². The van der Waals surface area contributed by atoms with Crippen LogP contribution in [-0.4, -0.2) is 72.6 Å². The molecule has 2 aliphatic heterocycles. The Morgan fingerprint density at radius 1 is 0.923 bits per heavy atom. The molecule has 138 valence electrons.